The predicted octanol–water partition coefficient (Wildman–Crippen LogP) is 2.27. The van der Waals surface area contributed by atoms with E-state index in [1.807, 2.05) is 20.2 Å². The summed E-state index contributed by atoms with van der Waals surface area (Å²) in [5.74, 6) is 1.90. The van der Waals surface area contributed by atoms with E-state index < -0.39 is 0 Å². The molecule has 0 radical (unpaired) electrons. The summed E-state index contributed by atoms with van der Waals surface area (Å²) in [7, 11) is 4.05. The second kappa shape index (κ2) is 5.81. The number of aromatic nitrogens is 4. The maximum Gasteiger partial charge on any atom is 0.131 e. The Labute approximate surface area is 130 Å². The van der Waals surface area contributed by atoms with E-state index >= 15 is 0 Å². The molecule has 0 unspecified atom stereocenters. The van der Waals surface area contributed by atoms with Crippen LogP contribution in [0.15, 0.2) is 12.4 Å². The molecule has 2 aromatic heterocycles. The summed E-state index contributed by atoms with van der Waals surface area (Å²) in [6, 6.07) is 0. The van der Waals surface area contributed by atoms with E-state index in [9.17, 15) is 0 Å². The van der Waals surface area contributed by atoms with Crippen molar-refractivity contribution in [1.29, 1.82) is 0 Å². The average Bonchev–Trinajstić information content (AvgIpc) is 2.99. The number of imidazole rings is 1. The largest absolute Gasteiger partial charge is 0.335 e. The molecular formula is C15H22ClN5. The smallest absolute Gasteiger partial charge is 0.131 e. The van der Waals surface area contributed by atoms with Gasteiger partial charge in [0.25, 0.3) is 0 Å². The van der Waals surface area contributed by atoms with Crippen molar-refractivity contribution in [2.24, 2.45) is 13.0 Å². The Morgan fingerprint density at radius 3 is 3.00 bits per heavy atom. The number of hydrogen-bond donors (Lipinski definition) is 0. The van der Waals surface area contributed by atoms with Crippen LogP contribution in [-0.4, -0.2) is 37.8 Å². The number of halogens is 1. The van der Waals surface area contributed by atoms with Gasteiger partial charge in [0.15, 0.2) is 0 Å². The van der Waals surface area contributed by atoms with Gasteiger partial charge >= 0.3 is 0 Å². The summed E-state index contributed by atoms with van der Waals surface area (Å²) in [6.07, 6.45) is 6.28. The molecule has 0 bridgehead atoms. The molecule has 0 spiro atoms. The lowest BCUT2D eigenvalue weighted by atomic mass is 9.99. The summed E-state index contributed by atoms with van der Waals surface area (Å²) < 4.78 is 4.03. The van der Waals surface area contributed by atoms with E-state index in [-0.39, 0.29) is 0 Å². The number of rotatable bonds is 4. The molecule has 5 nitrogen and oxygen atoms in total. The highest BCUT2D eigenvalue weighted by Crippen LogP contribution is 2.23. The highest BCUT2D eigenvalue weighted by atomic mass is 35.5. The Bertz CT molecular complexity index is 630. The van der Waals surface area contributed by atoms with E-state index in [4.69, 9.17) is 11.6 Å². The molecule has 1 atom stereocenters. The lowest BCUT2D eigenvalue weighted by Gasteiger charge is -2.28. The van der Waals surface area contributed by atoms with Gasteiger partial charge in [-0.3, -0.25) is 4.68 Å². The Balaban J connectivity index is 1.61. The molecule has 3 rings (SSSR count). The molecule has 0 saturated carbocycles. The molecule has 0 saturated heterocycles. The third kappa shape index (κ3) is 2.99. The van der Waals surface area contributed by atoms with Gasteiger partial charge < -0.3 is 9.47 Å². The maximum absolute atomic E-state index is 6.31. The molecule has 3 heterocycles. The molecule has 0 aromatic carbocycles. The fourth-order valence-electron chi connectivity index (χ4n) is 3.21. The molecule has 1 aliphatic rings. The standard InChI is InChI=1S/C15H22ClN5/c1-11-13(15(16)20(3)18-11)10-19(2)8-12-4-5-14-17-6-7-21(14)9-12/h6-7,12H,4-5,8-10H2,1-3H3/t12-/m0/s1. The van der Waals surface area contributed by atoms with Crippen molar-refractivity contribution in [3.05, 3.63) is 34.6 Å². The third-order valence-electron chi connectivity index (χ3n) is 4.30. The first-order valence-corrected chi connectivity index (χ1v) is 7.79. The molecule has 21 heavy (non-hydrogen) atoms. The van der Waals surface area contributed by atoms with Crippen molar-refractivity contribution < 1.29 is 0 Å². The zero-order valence-electron chi connectivity index (χ0n) is 12.9. The second-order valence-corrected chi connectivity index (χ2v) is 6.43. The van der Waals surface area contributed by atoms with Gasteiger partial charge in [-0.05, 0) is 26.3 Å². The van der Waals surface area contributed by atoms with Crippen molar-refractivity contribution in [3.63, 3.8) is 0 Å². The molecule has 0 N–H and O–H groups in total. The number of fused-ring (bicyclic) bond motifs is 1. The molecule has 0 aliphatic carbocycles. The van der Waals surface area contributed by atoms with E-state index in [0.717, 1.165) is 42.5 Å². The SMILES string of the molecule is Cc1nn(C)c(Cl)c1CN(C)C[C@@H]1CCc2nccn2C1. The Hall–Kier alpha value is -1.33. The first-order chi connectivity index (χ1) is 10.0. The molecule has 2 aromatic rings. The van der Waals surface area contributed by atoms with Crippen molar-refractivity contribution in [3.8, 4) is 0 Å². The van der Waals surface area contributed by atoms with Crippen LogP contribution in [0.5, 0.6) is 0 Å². The van der Waals surface area contributed by atoms with Gasteiger partial charge in [-0.15, -0.1) is 0 Å². The molecule has 1 aliphatic heterocycles. The Morgan fingerprint density at radius 1 is 1.48 bits per heavy atom. The fraction of sp³-hybridized carbons (Fsp3) is 0.600. The maximum atomic E-state index is 6.31. The van der Waals surface area contributed by atoms with Gasteiger partial charge in [0.05, 0.1) is 5.69 Å². The van der Waals surface area contributed by atoms with Crippen LogP contribution in [0.1, 0.15) is 23.5 Å². The topological polar surface area (TPSA) is 38.9 Å². The minimum absolute atomic E-state index is 0.674. The average molecular weight is 308 g/mol. The quantitative estimate of drug-likeness (QED) is 0.870. The Morgan fingerprint density at radius 2 is 2.29 bits per heavy atom. The predicted molar refractivity (Wildman–Crippen MR) is 83.3 cm³/mol. The molecule has 114 valence electrons. The normalized spacial score (nSPS) is 18.2. The summed E-state index contributed by atoms with van der Waals surface area (Å²) in [4.78, 5) is 6.73. The zero-order valence-corrected chi connectivity index (χ0v) is 13.6. The fourth-order valence-corrected chi connectivity index (χ4v) is 3.45. The number of hydrogen-bond acceptors (Lipinski definition) is 3. The van der Waals surface area contributed by atoms with Crippen molar-refractivity contribution in [1.82, 2.24) is 24.2 Å². The van der Waals surface area contributed by atoms with Gasteiger partial charge in [-0.2, -0.15) is 5.10 Å². The van der Waals surface area contributed by atoms with Gasteiger partial charge in [0, 0.05) is 51.1 Å². The van der Waals surface area contributed by atoms with Crippen LogP contribution in [0.4, 0.5) is 0 Å². The first kappa shape index (κ1) is 14.6. The monoisotopic (exact) mass is 307 g/mol. The summed E-state index contributed by atoms with van der Waals surface area (Å²) in [5, 5.41) is 5.13. The van der Waals surface area contributed by atoms with Gasteiger partial charge in [0.1, 0.15) is 11.0 Å². The van der Waals surface area contributed by atoms with Crippen LogP contribution in [0.3, 0.4) is 0 Å². The van der Waals surface area contributed by atoms with Crippen LogP contribution >= 0.6 is 11.6 Å². The van der Waals surface area contributed by atoms with Gasteiger partial charge in [0.2, 0.25) is 0 Å². The van der Waals surface area contributed by atoms with Crippen molar-refractivity contribution in [2.45, 2.75) is 32.9 Å². The highest BCUT2D eigenvalue weighted by molar-refractivity contribution is 6.30. The summed E-state index contributed by atoms with van der Waals surface area (Å²) in [5.41, 5.74) is 2.16. The van der Waals surface area contributed by atoms with Crippen LogP contribution in [0.2, 0.25) is 5.15 Å². The molecule has 0 amide bonds. The molecule has 0 fully saturated rings. The highest BCUT2D eigenvalue weighted by Gasteiger charge is 2.21. The van der Waals surface area contributed by atoms with E-state index in [2.05, 4.69) is 32.8 Å². The Kier molecular flexibility index (Phi) is 4.04. The van der Waals surface area contributed by atoms with E-state index in [1.54, 1.807) is 4.68 Å². The first-order valence-electron chi connectivity index (χ1n) is 7.41. The van der Waals surface area contributed by atoms with Crippen LogP contribution in [0, 0.1) is 12.8 Å². The number of nitrogens with zero attached hydrogens (tertiary/aromatic N) is 5. The second-order valence-electron chi connectivity index (χ2n) is 6.08. The minimum Gasteiger partial charge on any atom is -0.335 e. The zero-order chi connectivity index (χ0) is 15.0. The van der Waals surface area contributed by atoms with Gasteiger partial charge in [-0.1, -0.05) is 11.6 Å². The third-order valence-corrected chi connectivity index (χ3v) is 4.77. The summed E-state index contributed by atoms with van der Waals surface area (Å²) in [6.45, 7) is 5.01. The van der Waals surface area contributed by atoms with E-state index in [0.29, 0.717) is 5.92 Å². The minimum atomic E-state index is 0.674. The van der Waals surface area contributed by atoms with Crippen molar-refractivity contribution in [2.75, 3.05) is 13.6 Å². The number of aryl methyl sites for hydroxylation is 3. The lowest BCUT2D eigenvalue weighted by Crippen LogP contribution is -2.31. The lowest BCUT2D eigenvalue weighted by molar-refractivity contribution is 0.229. The molecular weight excluding hydrogens is 286 g/mol. The van der Waals surface area contributed by atoms with Gasteiger partial charge in [-0.25, -0.2) is 4.98 Å². The van der Waals surface area contributed by atoms with Crippen LogP contribution in [0.25, 0.3) is 0 Å². The van der Waals surface area contributed by atoms with Crippen LogP contribution < -0.4 is 0 Å². The summed E-state index contributed by atoms with van der Waals surface area (Å²) >= 11 is 6.31. The van der Waals surface area contributed by atoms with E-state index in [1.165, 1.54) is 12.2 Å². The van der Waals surface area contributed by atoms with Crippen LogP contribution in [-0.2, 0) is 26.6 Å². The van der Waals surface area contributed by atoms with Crippen molar-refractivity contribution >= 4 is 11.6 Å². The molecule has 6 heteroatoms.